The van der Waals surface area contributed by atoms with E-state index < -0.39 is 0 Å². The fourth-order valence-electron chi connectivity index (χ4n) is 1.27. The molecule has 0 radical (unpaired) electrons. The predicted molar refractivity (Wildman–Crippen MR) is 62.3 cm³/mol. The van der Waals surface area contributed by atoms with E-state index in [2.05, 4.69) is 19.1 Å². The molecule has 1 heteroatoms. The summed E-state index contributed by atoms with van der Waals surface area (Å²) in [6.07, 6.45) is 17.3. The zero-order chi connectivity index (χ0) is 10.5. The van der Waals surface area contributed by atoms with Crippen LogP contribution in [0.4, 0.5) is 0 Å². The lowest BCUT2D eigenvalue weighted by Gasteiger charge is -1.93. The molecule has 0 atom stereocenters. The average Bonchev–Trinajstić information content (AvgIpc) is 2.21. The van der Waals surface area contributed by atoms with Crippen LogP contribution in [-0.2, 0) is 4.79 Å². The van der Waals surface area contributed by atoms with Gasteiger partial charge >= 0.3 is 0 Å². The minimum atomic E-state index is 0.828. The number of aldehydes is 1. The molecule has 0 aromatic carbocycles. The Morgan fingerprint density at radius 2 is 1.57 bits per heavy atom. The molecule has 0 fully saturated rings. The molecule has 0 aliphatic carbocycles. The van der Waals surface area contributed by atoms with Gasteiger partial charge in [-0.3, -0.25) is 4.79 Å². The van der Waals surface area contributed by atoms with Crippen molar-refractivity contribution in [3.8, 4) is 0 Å². The summed E-state index contributed by atoms with van der Waals surface area (Å²) in [6.45, 7) is 2.23. The lowest BCUT2D eigenvalue weighted by atomic mass is 10.1. The van der Waals surface area contributed by atoms with E-state index in [1.54, 1.807) is 6.08 Å². The van der Waals surface area contributed by atoms with Crippen LogP contribution in [0.15, 0.2) is 24.3 Å². The van der Waals surface area contributed by atoms with E-state index in [1.165, 1.54) is 32.1 Å². The molecule has 0 N–H and O–H groups in total. The van der Waals surface area contributed by atoms with Gasteiger partial charge in [-0.25, -0.2) is 0 Å². The van der Waals surface area contributed by atoms with Gasteiger partial charge in [0.15, 0.2) is 0 Å². The monoisotopic (exact) mass is 194 g/mol. The van der Waals surface area contributed by atoms with E-state index in [4.69, 9.17) is 0 Å². The Labute approximate surface area is 87.9 Å². The lowest BCUT2D eigenvalue weighted by molar-refractivity contribution is -0.104. The summed E-state index contributed by atoms with van der Waals surface area (Å²) < 4.78 is 0. The zero-order valence-electron chi connectivity index (χ0n) is 9.24. The third kappa shape index (κ3) is 11.2. The first-order valence-corrected chi connectivity index (χ1v) is 5.67. The third-order valence-corrected chi connectivity index (χ3v) is 2.11. The van der Waals surface area contributed by atoms with E-state index in [-0.39, 0.29) is 0 Å². The molecular weight excluding hydrogens is 172 g/mol. The van der Waals surface area contributed by atoms with Crippen molar-refractivity contribution < 1.29 is 4.79 Å². The van der Waals surface area contributed by atoms with Crippen molar-refractivity contribution >= 4 is 6.29 Å². The molecule has 0 heterocycles. The van der Waals surface area contributed by atoms with Crippen LogP contribution in [0.1, 0.15) is 51.9 Å². The molecule has 14 heavy (non-hydrogen) atoms. The van der Waals surface area contributed by atoms with Gasteiger partial charge in [-0.15, -0.1) is 0 Å². The van der Waals surface area contributed by atoms with Crippen molar-refractivity contribution in [1.29, 1.82) is 0 Å². The van der Waals surface area contributed by atoms with Crippen LogP contribution in [-0.4, -0.2) is 6.29 Å². The van der Waals surface area contributed by atoms with Crippen LogP contribution in [0.5, 0.6) is 0 Å². The highest BCUT2D eigenvalue weighted by Crippen LogP contribution is 2.03. The van der Waals surface area contributed by atoms with Crippen molar-refractivity contribution in [1.82, 2.24) is 0 Å². The van der Waals surface area contributed by atoms with E-state index >= 15 is 0 Å². The van der Waals surface area contributed by atoms with Crippen LogP contribution >= 0.6 is 0 Å². The largest absolute Gasteiger partial charge is 0.299 e. The van der Waals surface area contributed by atoms with E-state index in [1.807, 2.05) is 6.08 Å². The quantitative estimate of drug-likeness (QED) is 0.234. The molecule has 0 amide bonds. The molecular formula is C13H22O. The number of hydrogen-bond donors (Lipinski definition) is 0. The molecule has 0 aromatic rings. The number of carbonyl (C=O) groups is 1. The van der Waals surface area contributed by atoms with E-state index in [0.29, 0.717) is 0 Å². The van der Waals surface area contributed by atoms with Crippen LogP contribution in [0.3, 0.4) is 0 Å². The first kappa shape index (κ1) is 13.2. The lowest BCUT2D eigenvalue weighted by Crippen LogP contribution is -1.73. The fourth-order valence-corrected chi connectivity index (χ4v) is 1.27. The highest BCUT2D eigenvalue weighted by molar-refractivity contribution is 5.64. The minimum absolute atomic E-state index is 0.828. The number of unbranched alkanes of at least 4 members (excludes halogenated alkanes) is 5. The van der Waals surface area contributed by atoms with Crippen molar-refractivity contribution in [2.45, 2.75) is 51.9 Å². The summed E-state index contributed by atoms with van der Waals surface area (Å²) in [5.74, 6) is 0. The fraction of sp³-hybridized carbons (Fsp3) is 0.615. The van der Waals surface area contributed by atoms with Gasteiger partial charge in [0.25, 0.3) is 0 Å². The van der Waals surface area contributed by atoms with E-state index in [9.17, 15) is 4.79 Å². The predicted octanol–water partition coefficient (Wildman–Crippen LogP) is 4.05. The van der Waals surface area contributed by atoms with E-state index in [0.717, 1.165) is 19.1 Å². The molecule has 0 aliphatic rings. The summed E-state index contributed by atoms with van der Waals surface area (Å²) in [5, 5.41) is 0. The van der Waals surface area contributed by atoms with Gasteiger partial charge < -0.3 is 0 Å². The second-order valence-corrected chi connectivity index (χ2v) is 3.46. The molecule has 0 spiro atoms. The summed E-state index contributed by atoms with van der Waals surface area (Å²) in [6, 6.07) is 0. The molecule has 0 rings (SSSR count). The van der Waals surface area contributed by atoms with Crippen molar-refractivity contribution in [2.75, 3.05) is 0 Å². The minimum Gasteiger partial charge on any atom is -0.299 e. The summed E-state index contributed by atoms with van der Waals surface area (Å²) in [7, 11) is 0. The molecule has 0 saturated carbocycles. The van der Waals surface area contributed by atoms with Gasteiger partial charge in [0.1, 0.15) is 6.29 Å². The zero-order valence-corrected chi connectivity index (χ0v) is 9.24. The summed E-state index contributed by atoms with van der Waals surface area (Å²) >= 11 is 0. The Kier molecular flexibility index (Phi) is 11.4. The maximum absolute atomic E-state index is 9.94. The molecule has 1 nitrogen and oxygen atoms in total. The Balaban J connectivity index is 3.11. The Hall–Kier alpha value is -0.850. The van der Waals surface area contributed by atoms with Crippen LogP contribution < -0.4 is 0 Å². The Morgan fingerprint density at radius 1 is 0.857 bits per heavy atom. The molecule has 0 bridgehead atoms. The Bertz CT molecular complexity index is 168. The van der Waals surface area contributed by atoms with Crippen LogP contribution in [0.2, 0.25) is 0 Å². The summed E-state index contributed by atoms with van der Waals surface area (Å²) in [4.78, 5) is 9.94. The smallest absolute Gasteiger partial charge is 0.142 e. The van der Waals surface area contributed by atoms with Crippen LogP contribution in [0, 0.1) is 0 Å². The molecule has 0 aromatic heterocycles. The molecule has 0 saturated heterocycles. The standard InChI is InChI=1S/C13H22O/c1-2-3-4-5-6-7-8-9-10-11-12-13-14/h7-8,11-13H,2-6,9-10H2,1H3/b8-7+,12-11+. The third-order valence-electron chi connectivity index (χ3n) is 2.11. The first-order valence-electron chi connectivity index (χ1n) is 5.67. The van der Waals surface area contributed by atoms with Crippen molar-refractivity contribution in [2.24, 2.45) is 0 Å². The van der Waals surface area contributed by atoms with Gasteiger partial charge in [-0.1, -0.05) is 44.4 Å². The Morgan fingerprint density at radius 3 is 2.29 bits per heavy atom. The van der Waals surface area contributed by atoms with Crippen molar-refractivity contribution in [3.63, 3.8) is 0 Å². The van der Waals surface area contributed by atoms with Crippen molar-refractivity contribution in [3.05, 3.63) is 24.3 Å². The van der Waals surface area contributed by atoms with Crippen LogP contribution in [0.25, 0.3) is 0 Å². The molecule has 0 aliphatic heterocycles. The second kappa shape index (κ2) is 12.2. The highest BCUT2D eigenvalue weighted by atomic mass is 16.1. The second-order valence-electron chi connectivity index (χ2n) is 3.46. The van der Waals surface area contributed by atoms with Gasteiger partial charge in [0.05, 0.1) is 0 Å². The number of carbonyl (C=O) groups excluding carboxylic acids is 1. The number of rotatable bonds is 9. The molecule has 80 valence electrons. The number of hydrogen-bond acceptors (Lipinski definition) is 1. The number of allylic oxidation sites excluding steroid dienone is 4. The van der Waals surface area contributed by atoms with Gasteiger partial charge in [-0.05, 0) is 31.8 Å². The topological polar surface area (TPSA) is 17.1 Å². The van der Waals surface area contributed by atoms with Gasteiger partial charge in [0.2, 0.25) is 0 Å². The molecule has 0 unspecified atom stereocenters. The first-order chi connectivity index (χ1) is 6.91. The highest BCUT2D eigenvalue weighted by Gasteiger charge is 1.83. The maximum atomic E-state index is 9.94. The average molecular weight is 194 g/mol. The van der Waals surface area contributed by atoms with Gasteiger partial charge in [-0.2, -0.15) is 0 Å². The van der Waals surface area contributed by atoms with Gasteiger partial charge in [0, 0.05) is 0 Å². The normalized spacial score (nSPS) is 11.5. The maximum Gasteiger partial charge on any atom is 0.142 e. The SMILES string of the molecule is CCCCCC/C=C/CC/C=C/C=O. The summed E-state index contributed by atoms with van der Waals surface area (Å²) in [5.41, 5.74) is 0.